The van der Waals surface area contributed by atoms with Crippen LogP contribution in [-0.2, 0) is 12.8 Å². The van der Waals surface area contributed by atoms with Gasteiger partial charge in [-0.2, -0.15) is 5.10 Å². The van der Waals surface area contributed by atoms with Crippen molar-refractivity contribution >= 4 is 0 Å². The van der Waals surface area contributed by atoms with Crippen molar-refractivity contribution < 1.29 is 0 Å². The first kappa shape index (κ1) is 9.06. The molecule has 0 spiro atoms. The largest absolute Gasteiger partial charge is 0.319 e. The minimum atomic E-state index is 0.823. The lowest BCUT2D eigenvalue weighted by Gasteiger charge is -1.99. The second-order valence-electron chi connectivity index (χ2n) is 2.57. The maximum absolute atomic E-state index is 4.32. The molecule has 0 radical (unpaired) electrons. The first-order valence-corrected chi connectivity index (χ1v) is 4.19. The molecule has 1 aromatic heterocycles. The number of nitrogens with one attached hydrogen (secondary N) is 1. The van der Waals surface area contributed by atoms with E-state index in [1.807, 2.05) is 7.05 Å². The Morgan fingerprint density at radius 1 is 1.50 bits per heavy atom. The van der Waals surface area contributed by atoms with Crippen molar-refractivity contribution in [1.82, 2.24) is 20.5 Å². The Morgan fingerprint density at radius 2 is 2.33 bits per heavy atom. The zero-order valence-corrected chi connectivity index (χ0v) is 7.54. The summed E-state index contributed by atoms with van der Waals surface area (Å²) in [5.74, 6) is 0.823. The maximum Gasteiger partial charge on any atom is 0.152 e. The van der Waals surface area contributed by atoms with Crippen LogP contribution in [0.3, 0.4) is 0 Å². The van der Waals surface area contributed by atoms with E-state index in [1.165, 1.54) is 0 Å². The van der Waals surface area contributed by atoms with E-state index in [0.29, 0.717) is 0 Å². The average molecular weight is 166 g/mol. The van der Waals surface area contributed by atoms with Crippen molar-refractivity contribution in [1.29, 1.82) is 0 Å². The van der Waals surface area contributed by atoms with E-state index in [-0.39, 0.29) is 0 Å². The van der Waals surface area contributed by atoms with E-state index < -0.39 is 0 Å². The van der Waals surface area contributed by atoms with Gasteiger partial charge < -0.3 is 5.32 Å². The van der Waals surface area contributed by atoms with Crippen molar-refractivity contribution in [3.8, 4) is 0 Å². The molecule has 0 aliphatic carbocycles. The second kappa shape index (κ2) is 4.77. The fourth-order valence-corrected chi connectivity index (χ4v) is 0.892. The molecular weight excluding hydrogens is 152 g/mol. The van der Waals surface area contributed by atoms with Crippen LogP contribution in [0, 0.1) is 0 Å². The first-order valence-electron chi connectivity index (χ1n) is 4.19. The fraction of sp³-hybridized carbons (Fsp3) is 0.625. The molecule has 0 saturated heterocycles. The van der Waals surface area contributed by atoms with Gasteiger partial charge in [-0.25, -0.2) is 4.98 Å². The maximum atomic E-state index is 4.32. The topological polar surface area (TPSA) is 50.7 Å². The van der Waals surface area contributed by atoms with Gasteiger partial charge >= 0.3 is 0 Å². The minimum absolute atomic E-state index is 0.823. The van der Waals surface area contributed by atoms with E-state index >= 15 is 0 Å². The number of aromatic nitrogens is 3. The zero-order chi connectivity index (χ0) is 8.81. The Labute approximate surface area is 72.4 Å². The van der Waals surface area contributed by atoms with E-state index in [0.717, 1.165) is 30.9 Å². The fourth-order valence-electron chi connectivity index (χ4n) is 0.892. The van der Waals surface area contributed by atoms with Crippen LogP contribution in [-0.4, -0.2) is 28.8 Å². The number of rotatable bonds is 4. The highest BCUT2D eigenvalue weighted by molar-refractivity contribution is 4.96. The summed E-state index contributed by atoms with van der Waals surface area (Å²) in [5, 5.41) is 10.8. The summed E-state index contributed by atoms with van der Waals surface area (Å²) in [7, 11) is 1.91. The molecule has 4 heteroatoms. The van der Waals surface area contributed by atoms with E-state index in [2.05, 4.69) is 27.4 Å². The van der Waals surface area contributed by atoms with Crippen LogP contribution in [0.1, 0.15) is 18.4 Å². The molecule has 0 amide bonds. The molecular formula is C8H14N4. The molecule has 1 rings (SSSR count). The molecule has 0 bridgehead atoms. The number of hydrogen-bond acceptors (Lipinski definition) is 4. The lowest BCUT2D eigenvalue weighted by molar-refractivity contribution is 0.722. The molecule has 1 aromatic rings. The van der Waals surface area contributed by atoms with E-state index in [9.17, 15) is 0 Å². The third-order valence-corrected chi connectivity index (χ3v) is 1.61. The molecule has 1 N–H and O–H groups in total. The van der Waals surface area contributed by atoms with Crippen molar-refractivity contribution in [3.05, 3.63) is 17.7 Å². The summed E-state index contributed by atoms with van der Waals surface area (Å²) >= 11 is 0. The molecule has 1 heterocycles. The molecule has 4 nitrogen and oxygen atoms in total. The summed E-state index contributed by atoms with van der Waals surface area (Å²) in [6.07, 6.45) is 3.47. The smallest absolute Gasteiger partial charge is 0.152 e. The van der Waals surface area contributed by atoms with Crippen LogP contribution in [0.2, 0.25) is 0 Å². The molecule has 0 atom stereocenters. The van der Waals surface area contributed by atoms with Crippen LogP contribution in [0.25, 0.3) is 0 Å². The van der Waals surface area contributed by atoms with Crippen LogP contribution in [0.5, 0.6) is 0 Å². The van der Waals surface area contributed by atoms with Gasteiger partial charge in [-0.1, -0.05) is 6.92 Å². The summed E-state index contributed by atoms with van der Waals surface area (Å²) in [5.41, 5.74) is 1.01. The zero-order valence-electron chi connectivity index (χ0n) is 7.54. The Hall–Kier alpha value is -1.03. The van der Waals surface area contributed by atoms with Crippen LogP contribution < -0.4 is 5.32 Å². The number of nitrogens with zero attached hydrogens (tertiary/aromatic N) is 3. The van der Waals surface area contributed by atoms with Gasteiger partial charge in [0, 0.05) is 13.0 Å². The molecule has 0 aromatic carbocycles. The molecule has 12 heavy (non-hydrogen) atoms. The first-order chi connectivity index (χ1) is 5.86. The van der Waals surface area contributed by atoms with Crippen LogP contribution in [0.15, 0.2) is 6.20 Å². The molecule has 0 aliphatic rings. The van der Waals surface area contributed by atoms with Crippen molar-refractivity contribution in [2.24, 2.45) is 0 Å². The summed E-state index contributed by atoms with van der Waals surface area (Å²) < 4.78 is 0. The summed E-state index contributed by atoms with van der Waals surface area (Å²) in [6.45, 7) is 2.96. The standard InChI is InChI=1S/C8H14N4/c1-3-7-6-10-12-8(11-7)4-5-9-2/h6,9H,3-5H2,1-2H3. The molecule has 0 unspecified atom stereocenters. The van der Waals surface area contributed by atoms with Gasteiger partial charge in [-0.15, -0.1) is 5.10 Å². The third kappa shape index (κ3) is 2.54. The lowest BCUT2D eigenvalue weighted by atomic mass is 10.3. The normalized spacial score (nSPS) is 10.2. The van der Waals surface area contributed by atoms with Gasteiger partial charge in [0.2, 0.25) is 0 Å². The Morgan fingerprint density at radius 3 is 3.00 bits per heavy atom. The lowest BCUT2D eigenvalue weighted by Crippen LogP contribution is -2.13. The quantitative estimate of drug-likeness (QED) is 0.694. The van der Waals surface area contributed by atoms with Gasteiger partial charge in [0.25, 0.3) is 0 Å². The van der Waals surface area contributed by atoms with Gasteiger partial charge in [0.15, 0.2) is 5.82 Å². The van der Waals surface area contributed by atoms with E-state index in [1.54, 1.807) is 6.20 Å². The SMILES string of the molecule is CCc1cnnc(CCNC)n1. The molecule has 0 fully saturated rings. The Kier molecular flexibility index (Phi) is 3.60. The Bertz CT molecular complexity index is 236. The highest BCUT2D eigenvalue weighted by Gasteiger charge is 1.97. The molecule has 66 valence electrons. The van der Waals surface area contributed by atoms with Crippen LogP contribution >= 0.6 is 0 Å². The van der Waals surface area contributed by atoms with Gasteiger partial charge in [0.05, 0.1) is 11.9 Å². The Balaban J connectivity index is 2.60. The van der Waals surface area contributed by atoms with Crippen molar-refractivity contribution in [3.63, 3.8) is 0 Å². The average Bonchev–Trinajstić information content (AvgIpc) is 2.15. The highest BCUT2D eigenvalue weighted by atomic mass is 15.1. The monoisotopic (exact) mass is 166 g/mol. The molecule has 0 aliphatic heterocycles. The predicted octanol–water partition coefficient (Wildman–Crippen LogP) is 0.196. The number of aryl methyl sites for hydroxylation is 1. The second-order valence-corrected chi connectivity index (χ2v) is 2.57. The van der Waals surface area contributed by atoms with Crippen molar-refractivity contribution in [2.75, 3.05) is 13.6 Å². The summed E-state index contributed by atoms with van der Waals surface area (Å²) in [4.78, 5) is 4.32. The van der Waals surface area contributed by atoms with Gasteiger partial charge in [0.1, 0.15) is 0 Å². The predicted molar refractivity (Wildman–Crippen MR) is 46.8 cm³/mol. The third-order valence-electron chi connectivity index (χ3n) is 1.61. The highest BCUT2D eigenvalue weighted by Crippen LogP contribution is 1.93. The minimum Gasteiger partial charge on any atom is -0.319 e. The van der Waals surface area contributed by atoms with Gasteiger partial charge in [-0.3, -0.25) is 0 Å². The number of likely N-dealkylation sites (N-methyl/N-ethyl adjacent to an activating group) is 1. The molecule has 0 saturated carbocycles. The van der Waals surface area contributed by atoms with Crippen LogP contribution in [0.4, 0.5) is 0 Å². The number of hydrogen-bond donors (Lipinski definition) is 1. The van der Waals surface area contributed by atoms with Crippen molar-refractivity contribution in [2.45, 2.75) is 19.8 Å². The van der Waals surface area contributed by atoms with Gasteiger partial charge in [-0.05, 0) is 13.5 Å². The summed E-state index contributed by atoms with van der Waals surface area (Å²) in [6, 6.07) is 0. The van der Waals surface area contributed by atoms with E-state index in [4.69, 9.17) is 0 Å².